The monoisotopic (exact) mass is 547 g/mol. The van der Waals surface area contributed by atoms with Gasteiger partial charge in [-0.3, -0.25) is 9.69 Å². The zero-order chi connectivity index (χ0) is 26.9. The number of ether oxygens (including phenoxy) is 1. The van der Waals surface area contributed by atoms with E-state index in [4.69, 9.17) is 4.74 Å². The van der Waals surface area contributed by atoms with Crippen LogP contribution in [-0.2, 0) is 32.4 Å². The minimum absolute atomic E-state index is 0.134. The Morgan fingerprint density at radius 1 is 1.14 bits per heavy atom. The van der Waals surface area contributed by atoms with E-state index in [1.807, 2.05) is 38.7 Å². The zero-order valence-corrected chi connectivity index (χ0v) is 23.9. The largest absolute Gasteiger partial charge is 0.459 e. The molecule has 1 aromatic carbocycles. The molecule has 4 rings (SSSR count). The predicted molar refractivity (Wildman–Crippen MR) is 146 cm³/mol. The summed E-state index contributed by atoms with van der Waals surface area (Å²) >= 11 is 1.48. The van der Waals surface area contributed by atoms with Crippen molar-refractivity contribution in [1.82, 2.24) is 9.21 Å². The van der Waals surface area contributed by atoms with Gasteiger partial charge in [-0.2, -0.15) is 4.31 Å². The molecule has 2 heterocycles. The number of benzene rings is 1. The number of hydrogen-bond acceptors (Lipinski definition) is 7. The average Bonchev–Trinajstić information content (AvgIpc) is 3.17. The SMILES string of the molecule is Cc1ccc(S(=O)(=O)N2CCN(CC(=O)Nc3sc4c(c3C(=O)OC(C)C)CC[C@@H](C)C4)CC2)cc1C. The molecule has 1 fully saturated rings. The molecule has 1 aromatic heterocycles. The number of nitrogens with one attached hydrogen (secondary N) is 1. The first-order valence-electron chi connectivity index (χ1n) is 12.9. The molecule has 0 bridgehead atoms. The van der Waals surface area contributed by atoms with Gasteiger partial charge in [0.1, 0.15) is 5.00 Å². The van der Waals surface area contributed by atoms with Crippen molar-refractivity contribution in [1.29, 1.82) is 0 Å². The van der Waals surface area contributed by atoms with Crippen LogP contribution >= 0.6 is 11.3 Å². The van der Waals surface area contributed by atoms with Crippen LogP contribution in [0.1, 0.15) is 59.1 Å². The van der Waals surface area contributed by atoms with Crippen molar-refractivity contribution in [3.63, 3.8) is 0 Å². The van der Waals surface area contributed by atoms with Crippen LogP contribution in [0.3, 0.4) is 0 Å². The van der Waals surface area contributed by atoms with Gasteiger partial charge in [0.25, 0.3) is 0 Å². The highest BCUT2D eigenvalue weighted by atomic mass is 32.2. The van der Waals surface area contributed by atoms with E-state index < -0.39 is 10.0 Å². The molecule has 1 atom stereocenters. The number of thiophene rings is 1. The predicted octanol–water partition coefficient (Wildman–Crippen LogP) is 4.00. The van der Waals surface area contributed by atoms with E-state index in [9.17, 15) is 18.0 Å². The van der Waals surface area contributed by atoms with E-state index in [0.29, 0.717) is 47.6 Å². The van der Waals surface area contributed by atoms with Crippen molar-refractivity contribution < 1.29 is 22.7 Å². The summed E-state index contributed by atoms with van der Waals surface area (Å²) < 4.78 is 33.2. The fourth-order valence-corrected chi connectivity index (χ4v) is 7.77. The Hall–Kier alpha value is -2.27. The summed E-state index contributed by atoms with van der Waals surface area (Å²) in [5.41, 5.74) is 3.50. The number of piperazine rings is 1. The fraction of sp³-hybridized carbons (Fsp3) is 0.556. The molecule has 1 aliphatic carbocycles. The maximum atomic E-state index is 13.1. The molecule has 1 N–H and O–H groups in total. The lowest BCUT2D eigenvalue weighted by Crippen LogP contribution is -2.50. The Morgan fingerprint density at radius 2 is 1.84 bits per heavy atom. The number of hydrogen-bond donors (Lipinski definition) is 1. The van der Waals surface area contributed by atoms with Crippen molar-refractivity contribution in [2.24, 2.45) is 5.92 Å². The number of aryl methyl sites for hydroxylation is 2. The van der Waals surface area contributed by atoms with Gasteiger partial charge in [0.05, 0.1) is 23.1 Å². The lowest BCUT2D eigenvalue weighted by Gasteiger charge is -2.33. The summed E-state index contributed by atoms with van der Waals surface area (Å²) in [5.74, 6) is -0.0571. The lowest BCUT2D eigenvalue weighted by atomic mass is 9.88. The number of carbonyl (C=O) groups excluding carboxylic acids is 2. The Balaban J connectivity index is 1.40. The number of rotatable bonds is 7. The summed E-state index contributed by atoms with van der Waals surface area (Å²) in [6.07, 6.45) is 2.47. The fourth-order valence-electron chi connectivity index (χ4n) is 4.85. The summed E-state index contributed by atoms with van der Waals surface area (Å²) in [5, 5.41) is 3.53. The van der Waals surface area contributed by atoms with Crippen molar-refractivity contribution in [3.05, 3.63) is 45.3 Å². The molecule has 0 radical (unpaired) electrons. The first kappa shape index (κ1) is 27.8. The van der Waals surface area contributed by atoms with Crippen LogP contribution in [0.4, 0.5) is 5.00 Å². The molecule has 1 saturated heterocycles. The normalized spacial score (nSPS) is 19.0. The third kappa shape index (κ3) is 6.25. The highest BCUT2D eigenvalue weighted by Crippen LogP contribution is 2.40. The van der Waals surface area contributed by atoms with Crippen molar-refractivity contribution in [2.45, 2.75) is 64.9 Å². The van der Waals surface area contributed by atoms with Gasteiger partial charge in [0, 0.05) is 31.1 Å². The maximum Gasteiger partial charge on any atom is 0.341 e. The first-order valence-corrected chi connectivity index (χ1v) is 15.2. The van der Waals surface area contributed by atoms with Crippen molar-refractivity contribution >= 4 is 38.2 Å². The van der Waals surface area contributed by atoms with E-state index in [0.717, 1.165) is 40.8 Å². The Kier molecular flexibility index (Phi) is 8.42. The Bertz CT molecular complexity index is 1280. The molecule has 0 spiro atoms. The number of carbonyl (C=O) groups is 2. The van der Waals surface area contributed by atoms with Crippen molar-refractivity contribution in [2.75, 3.05) is 38.0 Å². The summed E-state index contributed by atoms with van der Waals surface area (Å²) in [6, 6.07) is 5.20. The minimum Gasteiger partial charge on any atom is -0.459 e. The van der Waals surface area contributed by atoms with Crippen LogP contribution in [0.15, 0.2) is 23.1 Å². The van der Waals surface area contributed by atoms with E-state index >= 15 is 0 Å². The second-order valence-corrected chi connectivity index (χ2v) is 13.5. The van der Waals surface area contributed by atoms with Crippen LogP contribution < -0.4 is 5.32 Å². The molecule has 2 aliphatic rings. The van der Waals surface area contributed by atoms with Gasteiger partial charge < -0.3 is 10.1 Å². The van der Waals surface area contributed by atoms with Gasteiger partial charge in [-0.1, -0.05) is 13.0 Å². The van der Waals surface area contributed by atoms with Crippen LogP contribution in [-0.4, -0.2) is 68.3 Å². The molecule has 0 saturated carbocycles. The molecule has 0 unspecified atom stereocenters. The average molecular weight is 548 g/mol. The van der Waals surface area contributed by atoms with Gasteiger partial charge in [-0.25, -0.2) is 13.2 Å². The van der Waals surface area contributed by atoms with Gasteiger partial charge in [-0.05, 0) is 81.7 Å². The summed E-state index contributed by atoms with van der Waals surface area (Å²) in [4.78, 5) is 29.3. The van der Waals surface area contributed by atoms with Gasteiger partial charge in [-0.15, -0.1) is 11.3 Å². The van der Waals surface area contributed by atoms with E-state index in [-0.39, 0.29) is 24.5 Å². The van der Waals surface area contributed by atoms with Gasteiger partial charge >= 0.3 is 5.97 Å². The van der Waals surface area contributed by atoms with E-state index in [1.165, 1.54) is 15.6 Å². The smallest absolute Gasteiger partial charge is 0.341 e. The first-order chi connectivity index (χ1) is 17.5. The number of esters is 1. The summed E-state index contributed by atoms with van der Waals surface area (Å²) in [6.45, 7) is 11.4. The van der Waals surface area contributed by atoms with E-state index in [1.54, 1.807) is 12.1 Å². The second kappa shape index (κ2) is 11.2. The van der Waals surface area contributed by atoms with Crippen LogP contribution in [0.5, 0.6) is 0 Å². The van der Waals surface area contributed by atoms with E-state index in [2.05, 4.69) is 12.2 Å². The summed E-state index contributed by atoms with van der Waals surface area (Å²) in [7, 11) is -3.58. The molecule has 1 aliphatic heterocycles. The quantitative estimate of drug-likeness (QED) is 0.527. The number of sulfonamides is 1. The number of fused-ring (bicyclic) bond motifs is 1. The molecule has 10 heteroatoms. The topological polar surface area (TPSA) is 96.0 Å². The Morgan fingerprint density at radius 3 is 2.49 bits per heavy atom. The molecule has 1 amide bonds. The van der Waals surface area contributed by atoms with Crippen LogP contribution in [0, 0.1) is 19.8 Å². The molecule has 2 aromatic rings. The maximum absolute atomic E-state index is 13.1. The number of anilines is 1. The highest BCUT2D eigenvalue weighted by Gasteiger charge is 2.32. The van der Waals surface area contributed by atoms with Gasteiger partial charge in [0.2, 0.25) is 15.9 Å². The van der Waals surface area contributed by atoms with Crippen molar-refractivity contribution in [3.8, 4) is 0 Å². The minimum atomic E-state index is -3.58. The third-order valence-corrected chi connectivity index (χ3v) is 10.2. The Labute approximate surface area is 224 Å². The van der Waals surface area contributed by atoms with Crippen LogP contribution in [0.2, 0.25) is 0 Å². The highest BCUT2D eigenvalue weighted by molar-refractivity contribution is 7.89. The second-order valence-electron chi connectivity index (χ2n) is 10.5. The third-order valence-electron chi connectivity index (χ3n) is 7.13. The molecular formula is C27H37N3O5S2. The lowest BCUT2D eigenvalue weighted by molar-refractivity contribution is -0.117. The molecular weight excluding hydrogens is 510 g/mol. The van der Waals surface area contributed by atoms with Crippen LogP contribution in [0.25, 0.3) is 0 Å². The molecule has 202 valence electrons. The number of nitrogens with zero attached hydrogens (tertiary/aromatic N) is 2. The molecule has 37 heavy (non-hydrogen) atoms. The molecule has 8 nitrogen and oxygen atoms in total. The zero-order valence-electron chi connectivity index (χ0n) is 22.3. The number of amides is 1. The van der Waals surface area contributed by atoms with Gasteiger partial charge in [0.15, 0.2) is 0 Å². The standard InChI is InChI=1S/C27H37N3O5S2/c1-17(2)35-27(32)25-22-9-6-18(3)14-23(22)36-26(25)28-24(31)16-29-10-12-30(13-11-29)37(33,34)21-8-7-19(4)20(5)15-21/h7-8,15,17-18H,6,9-14,16H2,1-5H3,(H,28,31)/t18-/m1/s1.